The number of carbonyl (C=O) groups excluding carboxylic acids is 1. The van der Waals surface area contributed by atoms with Crippen LogP contribution in [-0.2, 0) is 21.2 Å². The lowest BCUT2D eigenvalue weighted by Gasteiger charge is -2.21. The van der Waals surface area contributed by atoms with Crippen LogP contribution < -0.4 is 19.5 Å². The highest BCUT2D eigenvalue weighted by atomic mass is 79.9. The van der Waals surface area contributed by atoms with E-state index in [1.807, 2.05) is 30.3 Å². The maximum absolute atomic E-state index is 13.1. The van der Waals surface area contributed by atoms with Crippen LogP contribution in [0.3, 0.4) is 0 Å². The van der Waals surface area contributed by atoms with Crippen LogP contribution in [-0.4, -0.2) is 33.6 Å². The minimum atomic E-state index is -3.88. The van der Waals surface area contributed by atoms with Gasteiger partial charge in [0.2, 0.25) is 5.91 Å². The molecule has 2 heterocycles. The number of benzene rings is 2. The van der Waals surface area contributed by atoms with Gasteiger partial charge in [-0.25, -0.2) is 8.42 Å². The summed E-state index contributed by atoms with van der Waals surface area (Å²) in [6.45, 7) is 0.898. The van der Waals surface area contributed by atoms with E-state index in [9.17, 15) is 13.2 Å². The zero-order valence-corrected chi connectivity index (χ0v) is 19.4. The number of fused-ring (bicyclic) bond motifs is 1. The van der Waals surface area contributed by atoms with Gasteiger partial charge in [0.1, 0.15) is 23.5 Å². The first-order chi connectivity index (χ1) is 14.9. The summed E-state index contributed by atoms with van der Waals surface area (Å²) in [6, 6.07) is 16.4. The standard InChI is InChI=1S/C21H19BrN2O5S2/c22-19-8-9-20(30-19)31(26,27)24-16(12-14-4-2-1-3-5-14)21(25)23-15-6-7-17-18(13-15)29-11-10-28-17/h1-9,13,16,24H,10-12H2,(H,23,25). The number of nitrogens with one attached hydrogen (secondary N) is 2. The van der Waals surface area contributed by atoms with Crippen LogP contribution in [0.25, 0.3) is 0 Å². The number of halogens is 1. The third kappa shape index (κ3) is 5.45. The molecule has 0 saturated carbocycles. The second kappa shape index (κ2) is 9.39. The molecular weight excluding hydrogens is 504 g/mol. The molecule has 0 fully saturated rings. The molecular formula is C21H19BrN2O5S2. The molecule has 1 unspecified atom stereocenters. The lowest BCUT2D eigenvalue weighted by molar-refractivity contribution is -0.117. The van der Waals surface area contributed by atoms with Crippen LogP contribution >= 0.6 is 27.3 Å². The van der Waals surface area contributed by atoms with Gasteiger partial charge in [-0.05, 0) is 52.2 Å². The average molecular weight is 523 g/mol. The zero-order chi connectivity index (χ0) is 21.8. The number of sulfonamides is 1. The summed E-state index contributed by atoms with van der Waals surface area (Å²) in [6.07, 6.45) is 0.197. The molecule has 1 aromatic heterocycles. The topological polar surface area (TPSA) is 93.7 Å². The molecule has 1 amide bonds. The van der Waals surface area contributed by atoms with Gasteiger partial charge in [-0.2, -0.15) is 4.72 Å². The summed E-state index contributed by atoms with van der Waals surface area (Å²) in [5.74, 6) is 0.668. The quantitative estimate of drug-likeness (QED) is 0.492. The highest BCUT2D eigenvalue weighted by Crippen LogP contribution is 2.32. The molecule has 0 bridgehead atoms. The Bertz CT molecular complexity index is 1180. The van der Waals surface area contributed by atoms with Crippen molar-refractivity contribution in [3.05, 3.63) is 70.0 Å². The van der Waals surface area contributed by atoms with Crippen molar-refractivity contribution < 1.29 is 22.7 Å². The lowest BCUT2D eigenvalue weighted by atomic mass is 10.1. The van der Waals surface area contributed by atoms with Crippen LogP contribution in [0, 0.1) is 0 Å². The van der Waals surface area contributed by atoms with Crippen LogP contribution in [0.15, 0.2) is 68.7 Å². The summed E-state index contributed by atoms with van der Waals surface area (Å²) < 4.78 is 40.1. The van der Waals surface area contributed by atoms with Gasteiger partial charge in [0, 0.05) is 11.8 Å². The first-order valence-corrected chi connectivity index (χ1v) is 12.5. The third-order valence-electron chi connectivity index (χ3n) is 4.52. The molecule has 4 rings (SSSR count). The van der Waals surface area contributed by atoms with Crippen molar-refractivity contribution in [3.8, 4) is 11.5 Å². The molecule has 3 aromatic rings. The molecule has 31 heavy (non-hydrogen) atoms. The van der Waals surface area contributed by atoms with Gasteiger partial charge in [-0.3, -0.25) is 4.79 Å². The molecule has 2 aromatic carbocycles. The van der Waals surface area contributed by atoms with Crippen molar-refractivity contribution >= 4 is 48.9 Å². The highest BCUT2D eigenvalue weighted by Gasteiger charge is 2.27. The van der Waals surface area contributed by atoms with Gasteiger partial charge in [-0.1, -0.05) is 30.3 Å². The largest absolute Gasteiger partial charge is 0.486 e. The first kappa shape index (κ1) is 21.8. The summed E-state index contributed by atoms with van der Waals surface area (Å²) in [4.78, 5) is 13.1. The van der Waals surface area contributed by atoms with Crippen molar-refractivity contribution in [1.82, 2.24) is 4.72 Å². The Hall–Kier alpha value is -2.40. The van der Waals surface area contributed by atoms with Crippen molar-refractivity contribution in [2.75, 3.05) is 18.5 Å². The van der Waals surface area contributed by atoms with Crippen LogP contribution in [0.5, 0.6) is 11.5 Å². The second-order valence-corrected chi connectivity index (χ2v) is 11.2. The Labute approximate surface area is 192 Å². The van der Waals surface area contributed by atoms with E-state index < -0.39 is 22.0 Å². The fourth-order valence-electron chi connectivity index (χ4n) is 3.08. The number of anilines is 1. The predicted octanol–water partition coefficient (Wildman–Crippen LogP) is 3.81. The molecule has 0 saturated heterocycles. The first-order valence-electron chi connectivity index (χ1n) is 9.43. The van der Waals surface area contributed by atoms with E-state index in [-0.39, 0.29) is 10.6 Å². The van der Waals surface area contributed by atoms with E-state index in [0.29, 0.717) is 34.2 Å². The van der Waals surface area contributed by atoms with Crippen LogP contribution in [0.1, 0.15) is 5.56 Å². The molecule has 1 aliphatic rings. The predicted molar refractivity (Wildman–Crippen MR) is 122 cm³/mol. The van der Waals surface area contributed by atoms with Crippen LogP contribution in [0.4, 0.5) is 5.69 Å². The zero-order valence-electron chi connectivity index (χ0n) is 16.2. The van der Waals surface area contributed by atoms with Gasteiger partial charge >= 0.3 is 0 Å². The monoisotopic (exact) mass is 522 g/mol. The van der Waals surface area contributed by atoms with Gasteiger partial charge in [-0.15, -0.1) is 11.3 Å². The summed E-state index contributed by atoms with van der Waals surface area (Å²) in [5.41, 5.74) is 1.32. The number of amides is 1. The van der Waals surface area contributed by atoms with Gasteiger partial charge in [0.15, 0.2) is 11.5 Å². The molecule has 1 atom stereocenters. The number of hydrogen-bond acceptors (Lipinski definition) is 6. The highest BCUT2D eigenvalue weighted by molar-refractivity contribution is 9.11. The third-order valence-corrected chi connectivity index (χ3v) is 8.11. The van der Waals surface area contributed by atoms with E-state index in [1.165, 1.54) is 6.07 Å². The van der Waals surface area contributed by atoms with Crippen molar-refractivity contribution in [2.45, 2.75) is 16.7 Å². The Morgan fingerprint density at radius 1 is 1.03 bits per heavy atom. The summed E-state index contributed by atoms with van der Waals surface area (Å²) in [7, 11) is -3.88. The molecule has 7 nitrogen and oxygen atoms in total. The van der Waals surface area contributed by atoms with E-state index >= 15 is 0 Å². The molecule has 0 aliphatic carbocycles. The SMILES string of the molecule is O=C(Nc1ccc2c(c1)OCCO2)C(Cc1ccccc1)NS(=O)(=O)c1ccc(Br)s1. The maximum Gasteiger partial charge on any atom is 0.250 e. The maximum atomic E-state index is 13.1. The number of ether oxygens (including phenoxy) is 2. The molecule has 162 valence electrons. The normalized spacial score (nSPS) is 14.1. The fraction of sp³-hybridized carbons (Fsp3) is 0.190. The Morgan fingerprint density at radius 3 is 2.48 bits per heavy atom. The van der Waals surface area contributed by atoms with Crippen molar-refractivity contribution in [1.29, 1.82) is 0 Å². The Morgan fingerprint density at radius 2 is 1.77 bits per heavy atom. The number of carbonyl (C=O) groups is 1. The van der Waals surface area contributed by atoms with E-state index in [4.69, 9.17) is 9.47 Å². The molecule has 1 aliphatic heterocycles. The van der Waals surface area contributed by atoms with Crippen molar-refractivity contribution in [3.63, 3.8) is 0 Å². The molecule has 0 spiro atoms. The lowest BCUT2D eigenvalue weighted by Crippen LogP contribution is -2.45. The Kier molecular flexibility index (Phi) is 6.61. The smallest absolute Gasteiger partial charge is 0.250 e. The van der Waals surface area contributed by atoms with Crippen LogP contribution in [0.2, 0.25) is 0 Å². The fourth-order valence-corrected chi connectivity index (χ4v) is 6.30. The number of hydrogen-bond donors (Lipinski definition) is 2. The molecule has 2 N–H and O–H groups in total. The van der Waals surface area contributed by atoms with E-state index in [1.54, 1.807) is 24.3 Å². The second-order valence-electron chi connectivity index (χ2n) is 6.77. The average Bonchev–Trinajstić information content (AvgIpc) is 3.21. The minimum Gasteiger partial charge on any atom is -0.486 e. The van der Waals surface area contributed by atoms with Gasteiger partial charge in [0.25, 0.3) is 10.0 Å². The van der Waals surface area contributed by atoms with Gasteiger partial charge in [0.05, 0.1) is 3.79 Å². The number of rotatable bonds is 7. The molecule has 0 radical (unpaired) electrons. The molecule has 10 heteroatoms. The summed E-state index contributed by atoms with van der Waals surface area (Å²) in [5, 5.41) is 2.78. The number of thiophene rings is 1. The Balaban J connectivity index is 1.56. The minimum absolute atomic E-state index is 0.129. The summed E-state index contributed by atoms with van der Waals surface area (Å²) >= 11 is 4.35. The van der Waals surface area contributed by atoms with E-state index in [2.05, 4.69) is 26.0 Å². The van der Waals surface area contributed by atoms with E-state index in [0.717, 1.165) is 16.9 Å². The van der Waals surface area contributed by atoms with Crippen molar-refractivity contribution in [2.24, 2.45) is 0 Å². The van der Waals surface area contributed by atoms with Gasteiger partial charge < -0.3 is 14.8 Å².